The summed E-state index contributed by atoms with van der Waals surface area (Å²) in [6.07, 6.45) is 0. The molecule has 7 heteroatoms. The number of amides is 1. The Morgan fingerprint density at radius 2 is 2.00 bits per heavy atom. The topological polar surface area (TPSA) is 72.2 Å². The van der Waals surface area contributed by atoms with Crippen molar-refractivity contribution in [2.24, 2.45) is 0 Å². The third-order valence-electron chi connectivity index (χ3n) is 3.93. The van der Waals surface area contributed by atoms with Gasteiger partial charge in [-0.15, -0.1) is 22.7 Å². The first-order valence-corrected chi connectivity index (χ1v) is 9.58. The second-order valence-electron chi connectivity index (χ2n) is 5.80. The van der Waals surface area contributed by atoms with Gasteiger partial charge < -0.3 is 4.42 Å². The molecule has 4 rings (SSSR count). The van der Waals surface area contributed by atoms with Gasteiger partial charge in [-0.25, -0.2) is 9.78 Å². The molecule has 0 fully saturated rings. The molecule has 0 bridgehead atoms. The Bertz CT molecular complexity index is 1190. The molecule has 1 aromatic carbocycles. The van der Waals surface area contributed by atoms with Crippen LogP contribution in [-0.4, -0.2) is 10.9 Å². The van der Waals surface area contributed by atoms with Gasteiger partial charge in [0, 0.05) is 26.1 Å². The Morgan fingerprint density at radius 1 is 1.19 bits per heavy atom. The first kappa shape index (κ1) is 16.7. The molecule has 26 heavy (non-hydrogen) atoms. The minimum absolute atomic E-state index is 0.0389. The number of hydrogen-bond acceptors (Lipinski definition) is 6. The third kappa shape index (κ3) is 3.07. The first-order valence-electron chi connectivity index (χ1n) is 7.88. The summed E-state index contributed by atoms with van der Waals surface area (Å²) in [5.41, 5.74) is 1.63. The summed E-state index contributed by atoms with van der Waals surface area (Å²) in [6, 6.07) is 10.7. The second-order valence-corrected chi connectivity index (χ2v) is 8.12. The van der Waals surface area contributed by atoms with Crippen molar-refractivity contribution < 1.29 is 9.21 Å². The molecular weight excluding hydrogens is 368 g/mol. The molecular formula is C19H14N2O3S2. The summed E-state index contributed by atoms with van der Waals surface area (Å²) in [7, 11) is 0. The van der Waals surface area contributed by atoms with Crippen molar-refractivity contribution in [3.63, 3.8) is 0 Å². The van der Waals surface area contributed by atoms with E-state index in [9.17, 15) is 9.59 Å². The molecule has 0 saturated carbocycles. The number of aryl methyl sites for hydroxylation is 2. The molecule has 130 valence electrons. The summed E-state index contributed by atoms with van der Waals surface area (Å²) in [4.78, 5) is 31.5. The maximum Gasteiger partial charge on any atom is 0.349 e. The fraction of sp³-hybridized carbons (Fsp3) is 0.105. The molecule has 0 radical (unpaired) electrons. The second kappa shape index (κ2) is 6.51. The highest BCUT2D eigenvalue weighted by atomic mass is 32.1. The zero-order chi connectivity index (χ0) is 18.3. The predicted octanol–water partition coefficient (Wildman–Crippen LogP) is 4.85. The molecule has 0 aliphatic rings. The number of hydrogen-bond donors (Lipinski definition) is 1. The molecule has 3 aromatic heterocycles. The SMILES string of the molecule is Cc1cc(-c2csc(NC(=O)c3cc4ccccc4oc3=O)n2)c(C)s1. The number of fused-ring (bicyclic) bond motifs is 1. The van der Waals surface area contributed by atoms with E-state index in [1.807, 2.05) is 18.4 Å². The third-order valence-corrected chi connectivity index (χ3v) is 5.65. The minimum Gasteiger partial charge on any atom is -0.422 e. The van der Waals surface area contributed by atoms with Crippen LogP contribution in [-0.2, 0) is 0 Å². The lowest BCUT2D eigenvalue weighted by Gasteiger charge is -2.02. The summed E-state index contributed by atoms with van der Waals surface area (Å²) in [5.74, 6) is -0.524. The van der Waals surface area contributed by atoms with E-state index in [0.29, 0.717) is 16.1 Å². The molecule has 4 aromatic rings. The number of anilines is 1. The van der Waals surface area contributed by atoms with Crippen molar-refractivity contribution >= 4 is 44.7 Å². The first-order chi connectivity index (χ1) is 12.5. The lowest BCUT2D eigenvalue weighted by Crippen LogP contribution is -2.20. The van der Waals surface area contributed by atoms with Crippen LogP contribution >= 0.6 is 22.7 Å². The Balaban J connectivity index is 1.62. The standard InChI is InChI=1S/C19H14N2O3S2/c1-10-7-13(11(2)26-10)15-9-25-19(20-15)21-17(22)14-8-12-5-3-4-6-16(12)24-18(14)23/h3-9H,1-2H3,(H,20,21,22). The predicted molar refractivity (Wildman–Crippen MR) is 105 cm³/mol. The van der Waals surface area contributed by atoms with Crippen LogP contribution in [0.4, 0.5) is 5.13 Å². The molecule has 1 N–H and O–H groups in total. The molecule has 0 saturated heterocycles. The Hall–Kier alpha value is -2.77. The highest BCUT2D eigenvalue weighted by molar-refractivity contribution is 7.14. The van der Waals surface area contributed by atoms with Crippen LogP contribution < -0.4 is 10.9 Å². The lowest BCUT2D eigenvalue weighted by molar-refractivity contribution is 0.102. The van der Waals surface area contributed by atoms with E-state index < -0.39 is 11.5 Å². The maximum atomic E-state index is 12.5. The largest absolute Gasteiger partial charge is 0.422 e. The number of carbonyl (C=O) groups excluding carboxylic acids is 1. The zero-order valence-corrected chi connectivity index (χ0v) is 15.7. The van der Waals surface area contributed by atoms with E-state index in [4.69, 9.17) is 4.42 Å². The van der Waals surface area contributed by atoms with Crippen LogP contribution in [0.3, 0.4) is 0 Å². The van der Waals surface area contributed by atoms with Gasteiger partial charge >= 0.3 is 5.63 Å². The van der Waals surface area contributed by atoms with Crippen molar-refractivity contribution in [3.05, 3.63) is 67.5 Å². The fourth-order valence-electron chi connectivity index (χ4n) is 2.72. The number of benzene rings is 1. The van der Waals surface area contributed by atoms with Gasteiger partial charge in [0.25, 0.3) is 5.91 Å². The van der Waals surface area contributed by atoms with Gasteiger partial charge in [0.15, 0.2) is 5.13 Å². The molecule has 0 spiro atoms. The summed E-state index contributed by atoms with van der Waals surface area (Å²) < 4.78 is 5.21. The van der Waals surface area contributed by atoms with Crippen LogP contribution in [0.5, 0.6) is 0 Å². The van der Waals surface area contributed by atoms with E-state index in [2.05, 4.69) is 23.3 Å². The van der Waals surface area contributed by atoms with Crippen molar-refractivity contribution in [1.82, 2.24) is 4.98 Å². The molecule has 0 aliphatic heterocycles. The quantitative estimate of drug-likeness (QED) is 0.514. The highest BCUT2D eigenvalue weighted by Gasteiger charge is 2.16. The summed E-state index contributed by atoms with van der Waals surface area (Å²) >= 11 is 3.03. The van der Waals surface area contributed by atoms with E-state index in [1.165, 1.54) is 27.2 Å². The van der Waals surface area contributed by atoms with Gasteiger partial charge in [-0.2, -0.15) is 0 Å². The van der Waals surface area contributed by atoms with Gasteiger partial charge in [-0.1, -0.05) is 18.2 Å². The number of thiazole rings is 1. The number of aromatic nitrogens is 1. The smallest absolute Gasteiger partial charge is 0.349 e. The average Bonchev–Trinajstić information content (AvgIpc) is 3.19. The summed E-state index contributed by atoms with van der Waals surface area (Å²) in [5, 5.41) is 5.73. The minimum atomic E-state index is -0.665. The average molecular weight is 382 g/mol. The monoisotopic (exact) mass is 382 g/mol. The Kier molecular flexibility index (Phi) is 4.18. The summed E-state index contributed by atoms with van der Waals surface area (Å²) in [6.45, 7) is 4.10. The van der Waals surface area contributed by atoms with E-state index in [0.717, 1.165) is 11.3 Å². The van der Waals surface area contributed by atoms with Gasteiger partial charge in [0.1, 0.15) is 11.1 Å². The van der Waals surface area contributed by atoms with Gasteiger partial charge in [0.2, 0.25) is 0 Å². The van der Waals surface area contributed by atoms with E-state index in [-0.39, 0.29) is 5.56 Å². The van der Waals surface area contributed by atoms with Gasteiger partial charge in [0.05, 0.1) is 5.69 Å². The number of carbonyl (C=O) groups is 1. The van der Waals surface area contributed by atoms with Crippen molar-refractivity contribution in [2.75, 3.05) is 5.32 Å². The van der Waals surface area contributed by atoms with Crippen LogP contribution in [0, 0.1) is 13.8 Å². The molecule has 1 amide bonds. The normalized spacial score (nSPS) is 11.0. The van der Waals surface area contributed by atoms with E-state index >= 15 is 0 Å². The zero-order valence-electron chi connectivity index (χ0n) is 14.0. The van der Waals surface area contributed by atoms with Gasteiger partial charge in [-0.05, 0) is 32.0 Å². The van der Waals surface area contributed by atoms with Crippen LogP contribution in [0.15, 0.2) is 51.0 Å². The Labute approximate surface area is 157 Å². The molecule has 0 atom stereocenters. The number of nitrogens with zero attached hydrogens (tertiary/aromatic N) is 1. The van der Waals surface area contributed by atoms with E-state index in [1.54, 1.807) is 29.5 Å². The number of nitrogens with one attached hydrogen (secondary N) is 1. The number of thiophene rings is 1. The lowest BCUT2D eigenvalue weighted by atomic mass is 10.2. The fourth-order valence-corrected chi connectivity index (χ4v) is 4.36. The molecule has 0 unspecified atom stereocenters. The maximum absolute atomic E-state index is 12.5. The van der Waals surface area contributed by atoms with Crippen molar-refractivity contribution in [1.29, 1.82) is 0 Å². The molecule has 3 heterocycles. The van der Waals surface area contributed by atoms with Crippen molar-refractivity contribution in [3.8, 4) is 11.3 Å². The van der Waals surface area contributed by atoms with Crippen LogP contribution in [0.2, 0.25) is 0 Å². The molecule has 0 aliphatic carbocycles. The van der Waals surface area contributed by atoms with Crippen LogP contribution in [0.1, 0.15) is 20.1 Å². The number of para-hydroxylation sites is 1. The van der Waals surface area contributed by atoms with Gasteiger partial charge in [-0.3, -0.25) is 10.1 Å². The van der Waals surface area contributed by atoms with Crippen LogP contribution in [0.25, 0.3) is 22.2 Å². The molecule has 5 nitrogen and oxygen atoms in total. The van der Waals surface area contributed by atoms with Crippen molar-refractivity contribution in [2.45, 2.75) is 13.8 Å². The highest BCUT2D eigenvalue weighted by Crippen LogP contribution is 2.32. The number of rotatable bonds is 3. The Morgan fingerprint density at radius 3 is 2.77 bits per heavy atom.